The Labute approximate surface area is 87.3 Å². The summed E-state index contributed by atoms with van der Waals surface area (Å²) in [5.41, 5.74) is 5.93. The highest BCUT2D eigenvalue weighted by molar-refractivity contribution is 4.78. The Morgan fingerprint density at radius 2 is 2.29 bits per heavy atom. The van der Waals surface area contributed by atoms with Gasteiger partial charge in [-0.15, -0.1) is 0 Å². The Morgan fingerprint density at radius 3 is 2.93 bits per heavy atom. The summed E-state index contributed by atoms with van der Waals surface area (Å²) in [6.45, 7) is 4.61. The van der Waals surface area contributed by atoms with Gasteiger partial charge in [0.05, 0.1) is 0 Å². The fourth-order valence-corrected chi connectivity index (χ4v) is 2.32. The summed E-state index contributed by atoms with van der Waals surface area (Å²) in [5, 5.41) is 8.79. The van der Waals surface area contributed by atoms with Crippen LogP contribution >= 0.6 is 0 Å². The average Bonchev–Trinajstić information content (AvgIpc) is 2.19. The lowest BCUT2D eigenvalue weighted by Gasteiger charge is -2.36. The van der Waals surface area contributed by atoms with Crippen molar-refractivity contribution in [3.63, 3.8) is 0 Å². The summed E-state index contributed by atoms with van der Waals surface area (Å²) in [6, 6.07) is 0.876. The second kappa shape index (κ2) is 6.38. The highest BCUT2D eigenvalue weighted by Gasteiger charge is 2.21. The molecule has 0 spiro atoms. The molecule has 2 unspecified atom stereocenters. The summed E-state index contributed by atoms with van der Waals surface area (Å²) in [7, 11) is 0. The van der Waals surface area contributed by atoms with Gasteiger partial charge in [0.1, 0.15) is 0 Å². The van der Waals surface area contributed by atoms with Crippen LogP contribution in [0.4, 0.5) is 0 Å². The minimum Gasteiger partial charge on any atom is -0.396 e. The van der Waals surface area contributed by atoms with E-state index < -0.39 is 0 Å². The van der Waals surface area contributed by atoms with Gasteiger partial charge in [-0.3, -0.25) is 4.90 Å². The van der Waals surface area contributed by atoms with E-state index in [2.05, 4.69) is 11.8 Å². The van der Waals surface area contributed by atoms with E-state index in [1.54, 1.807) is 0 Å². The molecule has 3 heteroatoms. The monoisotopic (exact) mass is 200 g/mol. The molecule has 1 aliphatic heterocycles. The maximum Gasteiger partial charge on any atom is 0.0446 e. The molecule has 1 aliphatic rings. The number of hydrogen-bond donors (Lipinski definition) is 2. The van der Waals surface area contributed by atoms with E-state index in [-0.39, 0.29) is 12.6 Å². The topological polar surface area (TPSA) is 49.5 Å². The summed E-state index contributed by atoms with van der Waals surface area (Å²) in [4.78, 5) is 2.50. The molecular formula is C11H24N2O. The molecule has 0 radical (unpaired) electrons. The number of hydrogen-bond acceptors (Lipinski definition) is 3. The minimum absolute atomic E-state index is 0.146. The first-order chi connectivity index (χ1) is 6.77. The molecule has 0 amide bonds. The van der Waals surface area contributed by atoms with Crippen molar-refractivity contribution in [1.82, 2.24) is 4.90 Å². The Bertz CT molecular complexity index is 152. The Morgan fingerprint density at radius 1 is 1.50 bits per heavy atom. The lowest BCUT2D eigenvalue weighted by atomic mass is 9.99. The molecule has 3 N–H and O–H groups in total. The number of nitrogens with zero attached hydrogens (tertiary/aromatic N) is 1. The van der Waals surface area contributed by atoms with Crippen molar-refractivity contribution >= 4 is 0 Å². The second-order valence-electron chi connectivity index (χ2n) is 4.33. The molecule has 0 aromatic carbocycles. The average molecular weight is 200 g/mol. The molecule has 0 aromatic heterocycles. The van der Waals surface area contributed by atoms with Gasteiger partial charge in [0.25, 0.3) is 0 Å². The van der Waals surface area contributed by atoms with E-state index in [9.17, 15) is 0 Å². The standard InChI is InChI=1S/C11H24N2O/c1-2-11-5-3-4-7-13(11)9-10(12)6-8-14/h10-11,14H,2-9,12H2,1H3. The van der Waals surface area contributed by atoms with Gasteiger partial charge in [-0.2, -0.15) is 0 Å². The zero-order chi connectivity index (χ0) is 10.4. The predicted octanol–water partition coefficient (Wildman–Crippen LogP) is 0.961. The molecule has 1 saturated heterocycles. The van der Waals surface area contributed by atoms with Crippen LogP contribution in [0.15, 0.2) is 0 Å². The van der Waals surface area contributed by atoms with Gasteiger partial charge in [-0.25, -0.2) is 0 Å². The van der Waals surface area contributed by atoms with Gasteiger partial charge < -0.3 is 10.8 Å². The molecule has 0 saturated carbocycles. The smallest absolute Gasteiger partial charge is 0.0446 e. The zero-order valence-corrected chi connectivity index (χ0v) is 9.28. The molecule has 14 heavy (non-hydrogen) atoms. The fraction of sp³-hybridized carbons (Fsp3) is 1.00. The highest BCUT2D eigenvalue weighted by Crippen LogP contribution is 2.19. The summed E-state index contributed by atoms with van der Waals surface area (Å²) >= 11 is 0. The van der Waals surface area contributed by atoms with Gasteiger partial charge in [0.15, 0.2) is 0 Å². The number of nitrogens with two attached hydrogens (primary N) is 1. The van der Waals surface area contributed by atoms with Crippen LogP contribution in [0.1, 0.15) is 39.0 Å². The zero-order valence-electron chi connectivity index (χ0n) is 9.28. The first-order valence-corrected chi connectivity index (χ1v) is 5.88. The normalized spacial score (nSPS) is 26.4. The molecule has 3 nitrogen and oxygen atoms in total. The van der Waals surface area contributed by atoms with Crippen LogP contribution in [0, 0.1) is 0 Å². The number of rotatable bonds is 5. The first-order valence-electron chi connectivity index (χ1n) is 5.88. The minimum atomic E-state index is 0.146. The summed E-state index contributed by atoms with van der Waals surface area (Å²) in [6.07, 6.45) is 5.95. The number of piperidine rings is 1. The van der Waals surface area contributed by atoms with Crippen molar-refractivity contribution in [2.24, 2.45) is 5.73 Å². The van der Waals surface area contributed by atoms with E-state index in [1.807, 2.05) is 0 Å². The van der Waals surface area contributed by atoms with Crippen LogP contribution in [-0.2, 0) is 0 Å². The van der Waals surface area contributed by atoms with Crippen molar-refractivity contribution in [2.45, 2.75) is 51.1 Å². The number of aliphatic hydroxyl groups is 1. The van der Waals surface area contributed by atoms with Crippen molar-refractivity contribution in [2.75, 3.05) is 19.7 Å². The van der Waals surface area contributed by atoms with E-state index in [0.717, 1.165) is 19.0 Å². The van der Waals surface area contributed by atoms with Crippen molar-refractivity contribution in [3.05, 3.63) is 0 Å². The number of aliphatic hydroxyl groups excluding tert-OH is 1. The van der Waals surface area contributed by atoms with E-state index >= 15 is 0 Å². The molecule has 2 atom stereocenters. The second-order valence-corrected chi connectivity index (χ2v) is 4.33. The van der Waals surface area contributed by atoms with Crippen LogP contribution in [-0.4, -0.2) is 41.8 Å². The molecule has 0 aliphatic carbocycles. The molecule has 0 bridgehead atoms. The molecule has 84 valence electrons. The largest absolute Gasteiger partial charge is 0.396 e. The van der Waals surface area contributed by atoms with E-state index in [4.69, 9.17) is 10.8 Å². The Balaban J connectivity index is 2.32. The lowest BCUT2D eigenvalue weighted by molar-refractivity contribution is 0.129. The molecule has 0 aromatic rings. The molecular weight excluding hydrogens is 176 g/mol. The van der Waals surface area contributed by atoms with Crippen molar-refractivity contribution < 1.29 is 5.11 Å². The van der Waals surface area contributed by atoms with Gasteiger partial charge in [-0.1, -0.05) is 13.3 Å². The maximum absolute atomic E-state index is 8.79. The van der Waals surface area contributed by atoms with Gasteiger partial charge in [0, 0.05) is 25.2 Å². The third-order valence-corrected chi connectivity index (χ3v) is 3.19. The third kappa shape index (κ3) is 3.56. The van der Waals surface area contributed by atoms with Crippen LogP contribution in [0.2, 0.25) is 0 Å². The highest BCUT2D eigenvalue weighted by atomic mass is 16.3. The predicted molar refractivity (Wildman–Crippen MR) is 59.2 cm³/mol. The van der Waals surface area contributed by atoms with Gasteiger partial charge in [-0.05, 0) is 32.2 Å². The Kier molecular flexibility index (Phi) is 5.45. The molecule has 1 fully saturated rings. The quantitative estimate of drug-likeness (QED) is 0.695. The van der Waals surface area contributed by atoms with Crippen LogP contribution < -0.4 is 5.73 Å². The SMILES string of the molecule is CCC1CCCCN1CC(N)CCO. The summed E-state index contributed by atoms with van der Waals surface area (Å²) < 4.78 is 0. The van der Waals surface area contributed by atoms with Crippen LogP contribution in [0.5, 0.6) is 0 Å². The number of likely N-dealkylation sites (tertiary alicyclic amines) is 1. The van der Waals surface area contributed by atoms with Crippen LogP contribution in [0.25, 0.3) is 0 Å². The van der Waals surface area contributed by atoms with Crippen molar-refractivity contribution in [1.29, 1.82) is 0 Å². The van der Waals surface area contributed by atoms with Crippen molar-refractivity contribution in [3.8, 4) is 0 Å². The third-order valence-electron chi connectivity index (χ3n) is 3.19. The van der Waals surface area contributed by atoms with Gasteiger partial charge >= 0.3 is 0 Å². The van der Waals surface area contributed by atoms with Crippen LogP contribution in [0.3, 0.4) is 0 Å². The molecule has 1 rings (SSSR count). The maximum atomic E-state index is 8.79. The Hall–Kier alpha value is -0.120. The lowest BCUT2D eigenvalue weighted by Crippen LogP contribution is -2.46. The summed E-state index contributed by atoms with van der Waals surface area (Å²) in [5.74, 6) is 0. The van der Waals surface area contributed by atoms with E-state index in [1.165, 1.54) is 32.2 Å². The van der Waals surface area contributed by atoms with E-state index in [0.29, 0.717) is 0 Å². The first kappa shape index (κ1) is 12.0. The fourth-order valence-electron chi connectivity index (χ4n) is 2.32. The van der Waals surface area contributed by atoms with Gasteiger partial charge in [0.2, 0.25) is 0 Å². The molecule has 1 heterocycles.